The zero-order chi connectivity index (χ0) is 19.1. The van der Waals surface area contributed by atoms with E-state index in [9.17, 15) is 4.79 Å². The molecular formula is C19H30N6O. The zero-order valence-corrected chi connectivity index (χ0v) is 16.7. The lowest BCUT2D eigenvalue weighted by Gasteiger charge is -2.24. The standard InChI is InChI=1S/C19H30N6O/c1-19(2,3)18-15(12-24(5)22-18)9-20-8-13-7-16(26)25(6)17(13)14-10-21-23(4)11-14/h10-13,17,20H,7-9H2,1-6H3/t13-,17+/m0/s1. The second-order valence-corrected chi connectivity index (χ2v) is 8.42. The summed E-state index contributed by atoms with van der Waals surface area (Å²) in [4.78, 5) is 14.1. The Morgan fingerprint density at radius 3 is 2.54 bits per heavy atom. The Morgan fingerprint density at radius 1 is 1.19 bits per heavy atom. The molecule has 1 saturated heterocycles. The molecule has 0 saturated carbocycles. The monoisotopic (exact) mass is 358 g/mol. The highest BCUT2D eigenvalue weighted by atomic mass is 16.2. The van der Waals surface area contributed by atoms with Crippen LogP contribution in [0.1, 0.15) is 50.1 Å². The first-order valence-electron chi connectivity index (χ1n) is 9.14. The van der Waals surface area contributed by atoms with Gasteiger partial charge in [0.15, 0.2) is 0 Å². The van der Waals surface area contributed by atoms with Crippen LogP contribution in [0.25, 0.3) is 0 Å². The van der Waals surface area contributed by atoms with E-state index in [4.69, 9.17) is 0 Å². The normalized spacial score (nSPS) is 21.0. The summed E-state index contributed by atoms with van der Waals surface area (Å²) in [5.41, 5.74) is 3.45. The van der Waals surface area contributed by atoms with Gasteiger partial charge in [0.25, 0.3) is 0 Å². The molecule has 3 rings (SSSR count). The van der Waals surface area contributed by atoms with Crippen molar-refractivity contribution in [1.82, 2.24) is 29.8 Å². The predicted octanol–water partition coefficient (Wildman–Crippen LogP) is 1.76. The first-order chi connectivity index (χ1) is 12.2. The number of aryl methyl sites for hydroxylation is 2. The van der Waals surface area contributed by atoms with Gasteiger partial charge in [-0.15, -0.1) is 0 Å². The molecule has 1 aliphatic rings. The summed E-state index contributed by atoms with van der Waals surface area (Å²) in [5, 5.41) is 12.5. The predicted molar refractivity (Wildman–Crippen MR) is 100 cm³/mol. The molecule has 0 bridgehead atoms. The molecule has 1 fully saturated rings. The minimum absolute atomic E-state index is 0.0139. The van der Waals surface area contributed by atoms with E-state index < -0.39 is 0 Å². The molecule has 7 nitrogen and oxygen atoms in total. The molecule has 3 heterocycles. The molecule has 26 heavy (non-hydrogen) atoms. The molecule has 0 unspecified atom stereocenters. The van der Waals surface area contributed by atoms with E-state index in [1.54, 1.807) is 4.68 Å². The number of carbonyl (C=O) groups excluding carboxylic acids is 1. The third-order valence-electron chi connectivity index (χ3n) is 5.10. The summed E-state index contributed by atoms with van der Waals surface area (Å²) in [6.07, 6.45) is 6.53. The molecule has 0 radical (unpaired) electrons. The Kier molecular flexibility index (Phi) is 4.92. The molecule has 1 aliphatic heterocycles. The van der Waals surface area contributed by atoms with Gasteiger partial charge in [0, 0.05) is 75.5 Å². The molecular weight excluding hydrogens is 328 g/mol. The molecule has 7 heteroatoms. The SMILES string of the molecule is CN1C(=O)C[C@@H](CNCc2cn(C)nc2C(C)(C)C)[C@@H]1c1cnn(C)c1. The number of likely N-dealkylation sites (tertiary alicyclic amines) is 1. The third kappa shape index (κ3) is 3.67. The maximum Gasteiger partial charge on any atom is 0.223 e. The average molecular weight is 358 g/mol. The largest absolute Gasteiger partial charge is 0.338 e. The van der Waals surface area contributed by atoms with Crippen LogP contribution in [0.2, 0.25) is 0 Å². The van der Waals surface area contributed by atoms with Crippen molar-refractivity contribution in [3.05, 3.63) is 35.4 Å². The Hall–Kier alpha value is -2.15. The molecule has 0 aromatic carbocycles. The quantitative estimate of drug-likeness (QED) is 0.884. The van der Waals surface area contributed by atoms with Gasteiger partial charge in [-0.05, 0) is 0 Å². The fourth-order valence-corrected chi connectivity index (χ4v) is 3.91. The maximum atomic E-state index is 12.3. The van der Waals surface area contributed by atoms with Gasteiger partial charge in [0.1, 0.15) is 0 Å². The van der Waals surface area contributed by atoms with Crippen molar-refractivity contribution < 1.29 is 4.79 Å². The van der Waals surface area contributed by atoms with Crippen LogP contribution < -0.4 is 5.32 Å². The van der Waals surface area contributed by atoms with E-state index in [0.29, 0.717) is 6.42 Å². The van der Waals surface area contributed by atoms with Crippen molar-refractivity contribution in [3.8, 4) is 0 Å². The Morgan fingerprint density at radius 2 is 1.92 bits per heavy atom. The minimum Gasteiger partial charge on any atom is -0.338 e. The summed E-state index contributed by atoms with van der Waals surface area (Å²) in [6.45, 7) is 8.09. The fraction of sp³-hybridized carbons (Fsp3) is 0.632. The molecule has 142 valence electrons. The van der Waals surface area contributed by atoms with Crippen LogP contribution in [0.15, 0.2) is 18.6 Å². The van der Waals surface area contributed by atoms with E-state index in [0.717, 1.165) is 24.3 Å². The second-order valence-electron chi connectivity index (χ2n) is 8.42. The maximum absolute atomic E-state index is 12.3. The highest BCUT2D eigenvalue weighted by Crippen LogP contribution is 2.36. The lowest BCUT2D eigenvalue weighted by atomic mass is 9.89. The van der Waals surface area contributed by atoms with Crippen molar-refractivity contribution in [2.45, 2.75) is 45.2 Å². The molecule has 0 aliphatic carbocycles. The number of hydrogen-bond acceptors (Lipinski definition) is 4. The van der Waals surface area contributed by atoms with Crippen LogP contribution in [-0.4, -0.2) is 44.0 Å². The van der Waals surface area contributed by atoms with Gasteiger partial charge >= 0.3 is 0 Å². The molecule has 1 N–H and O–H groups in total. The summed E-state index contributed by atoms with van der Waals surface area (Å²) in [6, 6.07) is 0.0830. The van der Waals surface area contributed by atoms with Crippen LogP contribution in [0, 0.1) is 5.92 Å². The third-order valence-corrected chi connectivity index (χ3v) is 5.10. The van der Waals surface area contributed by atoms with Gasteiger partial charge in [-0.25, -0.2) is 0 Å². The summed E-state index contributed by atoms with van der Waals surface area (Å²) in [7, 11) is 5.75. The number of amides is 1. The zero-order valence-electron chi connectivity index (χ0n) is 16.7. The van der Waals surface area contributed by atoms with E-state index in [1.807, 2.05) is 43.1 Å². The van der Waals surface area contributed by atoms with Gasteiger partial charge < -0.3 is 10.2 Å². The molecule has 2 atom stereocenters. The van der Waals surface area contributed by atoms with Crippen molar-refractivity contribution in [1.29, 1.82) is 0 Å². The lowest BCUT2D eigenvalue weighted by molar-refractivity contribution is -0.127. The Balaban J connectivity index is 1.68. The summed E-state index contributed by atoms with van der Waals surface area (Å²) < 4.78 is 3.67. The van der Waals surface area contributed by atoms with E-state index in [2.05, 4.69) is 42.5 Å². The number of hydrogen-bond donors (Lipinski definition) is 1. The average Bonchev–Trinajstić information content (AvgIpc) is 3.19. The minimum atomic E-state index is 0.0139. The van der Waals surface area contributed by atoms with Crippen LogP contribution in [0.3, 0.4) is 0 Å². The number of aromatic nitrogens is 4. The number of rotatable bonds is 5. The van der Waals surface area contributed by atoms with E-state index >= 15 is 0 Å². The first-order valence-corrected chi connectivity index (χ1v) is 9.14. The summed E-state index contributed by atoms with van der Waals surface area (Å²) in [5.74, 6) is 0.439. The number of nitrogens with one attached hydrogen (secondary N) is 1. The number of nitrogens with zero attached hydrogens (tertiary/aromatic N) is 5. The molecule has 2 aromatic rings. The smallest absolute Gasteiger partial charge is 0.223 e. The van der Waals surface area contributed by atoms with E-state index in [-0.39, 0.29) is 23.3 Å². The van der Waals surface area contributed by atoms with Crippen molar-refractivity contribution in [2.75, 3.05) is 13.6 Å². The van der Waals surface area contributed by atoms with Crippen molar-refractivity contribution in [2.24, 2.45) is 20.0 Å². The van der Waals surface area contributed by atoms with Gasteiger partial charge in [0.05, 0.1) is 17.9 Å². The fourth-order valence-electron chi connectivity index (χ4n) is 3.91. The van der Waals surface area contributed by atoms with Gasteiger partial charge in [-0.3, -0.25) is 14.2 Å². The lowest BCUT2D eigenvalue weighted by Crippen LogP contribution is -2.29. The van der Waals surface area contributed by atoms with Crippen molar-refractivity contribution >= 4 is 5.91 Å². The number of carbonyl (C=O) groups is 1. The van der Waals surface area contributed by atoms with Crippen LogP contribution in [-0.2, 0) is 30.8 Å². The van der Waals surface area contributed by atoms with Crippen LogP contribution in [0.4, 0.5) is 0 Å². The van der Waals surface area contributed by atoms with Gasteiger partial charge in [-0.1, -0.05) is 20.8 Å². The topological polar surface area (TPSA) is 68.0 Å². The van der Waals surface area contributed by atoms with Crippen molar-refractivity contribution in [3.63, 3.8) is 0 Å². The first kappa shape index (κ1) is 18.6. The molecule has 0 spiro atoms. The second kappa shape index (κ2) is 6.87. The highest BCUT2D eigenvalue weighted by Gasteiger charge is 2.38. The van der Waals surface area contributed by atoms with Gasteiger partial charge in [0.2, 0.25) is 5.91 Å². The Bertz CT molecular complexity index is 784. The van der Waals surface area contributed by atoms with Gasteiger partial charge in [-0.2, -0.15) is 10.2 Å². The van der Waals surface area contributed by atoms with Crippen LogP contribution in [0.5, 0.6) is 0 Å². The Labute approximate surface area is 155 Å². The van der Waals surface area contributed by atoms with Crippen LogP contribution >= 0.6 is 0 Å². The highest BCUT2D eigenvalue weighted by molar-refractivity contribution is 5.79. The summed E-state index contributed by atoms with van der Waals surface area (Å²) >= 11 is 0. The van der Waals surface area contributed by atoms with E-state index in [1.165, 1.54) is 5.56 Å². The molecule has 2 aromatic heterocycles. The molecule has 1 amide bonds.